The smallest absolute Gasteiger partial charge is 0.272 e. The largest absolute Gasteiger partial charge is 0.439 e. The second kappa shape index (κ2) is 7.71. The zero-order valence-electron chi connectivity index (χ0n) is 14.8. The summed E-state index contributed by atoms with van der Waals surface area (Å²) in [6.07, 6.45) is 1.62. The Kier molecular flexibility index (Phi) is 4.79. The summed E-state index contributed by atoms with van der Waals surface area (Å²) in [5, 5.41) is 6.85. The minimum atomic E-state index is -0.427. The molecule has 138 valence electrons. The molecule has 0 saturated heterocycles. The molecule has 0 saturated carbocycles. The van der Waals surface area contributed by atoms with E-state index >= 15 is 0 Å². The van der Waals surface area contributed by atoms with E-state index in [0.717, 1.165) is 5.56 Å². The molecule has 1 amide bonds. The Morgan fingerprint density at radius 3 is 2.43 bits per heavy atom. The monoisotopic (exact) mass is 372 g/mol. The van der Waals surface area contributed by atoms with Crippen molar-refractivity contribution in [1.29, 1.82) is 0 Å². The number of amides is 1. The highest BCUT2D eigenvalue weighted by Crippen LogP contribution is 2.19. The molecule has 0 spiro atoms. The quantitative estimate of drug-likeness (QED) is 0.582. The van der Waals surface area contributed by atoms with E-state index in [2.05, 4.69) is 15.4 Å². The number of oxazole rings is 1. The van der Waals surface area contributed by atoms with Gasteiger partial charge in [-0.1, -0.05) is 48.5 Å². The average Bonchev–Trinajstić information content (AvgIpc) is 3.23. The van der Waals surface area contributed by atoms with Crippen molar-refractivity contribution in [2.24, 2.45) is 0 Å². The van der Waals surface area contributed by atoms with E-state index in [1.54, 1.807) is 30.5 Å². The predicted molar refractivity (Wildman–Crippen MR) is 103 cm³/mol. The summed E-state index contributed by atoms with van der Waals surface area (Å²) >= 11 is 0. The van der Waals surface area contributed by atoms with E-state index in [-0.39, 0.29) is 17.8 Å². The molecule has 2 heterocycles. The third-order valence-electron chi connectivity index (χ3n) is 4.05. The van der Waals surface area contributed by atoms with Crippen LogP contribution in [0.4, 0.5) is 0 Å². The van der Waals surface area contributed by atoms with Gasteiger partial charge in [0.2, 0.25) is 5.89 Å². The number of nitrogens with zero attached hydrogens (tertiary/aromatic N) is 3. The maximum atomic E-state index is 12.4. The molecule has 0 bridgehead atoms. The van der Waals surface area contributed by atoms with Crippen molar-refractivity contribution in [3.63, 3.8) is 0 Å². The maximum Gasteiger partial charge on any atom is 0.272 e. The molecule has 0 aliphatic rings. The van der Waals surface area contributed by atoms with Gasteiger partial charge >= 0.3 is 0 Å². The lowest BCUT2D eigenvalue weighted by molar-refractivity contribution is 0.0940. The molecule has 7 nitrogen and oxygen atoms in total. The van der Waals surface area contributed by atoms with Gasteiger partial charge in [0.15, 0.2) is 5.76 Å². The third-order valence-corrected chi connectivity index (χ3v) is 4.05. The molecule has 0 radical (unpaired) electrons. The van der Waals surface area contributed by atoms with Crippen LogP contribution in [0.1, 0.15) is 16.4 Å². The Balaban J connectivity index is 1.48. The minimum absolute atomic E-state index is 0.109. The first-order valence-corrected chi connectivity index (χ1v) is 8.65. The first kappa shape index (κ1) is 17.4. The lowest BCUT2D eigenvalue weighted by atomic mass is 10.2. The Hall–Kier alpha value is -4.00. The molecule has 28 heavy (non-hydrogen) atoms. The van der Waals surface area contributed by atoms with E-state index < -0.39 is 5.91 Å². The summed E-state index contributed by atoms with van der Waals surface area (Å²) in [5.41, 5.74) is 1.30. The van der Waals surface area contributed by atoms with Crippen LogP contribution in [-0.2, 0) is 6.54 Å². The summed E-state index contributed by atoms with van der Waals surface area (Å²) in [7, 11) is 0. The fraction of sp³-hybridized carbons (Fsp3) is 0.0476. The van der Waals surface area contributed by atoms with Gasteiger partial charge in [0.05, 0.1) is 18.4 Å². The second-order valence-corrected chi connectivity index (χ2v) is 5.97. The fourth-order valence-electron chi connectivity index (χ4n) is 2.66. The van der Waals surface area contributed by atoms with Crippen molar-refractivity contribution in [2.45, 2.75) is 6.54 Å². The lowest BCUT2D eigenvalue weighted by Gasteiger charge is -2.07. The van der Waals surface area contributed by atoms with Crippen LogP contribution in [0.15, 0.2) is 88.2 Å². The molecular weight excluding hydrogens is 356 g/mol. The normalized spacial score (nSPS) is 10.6. The topological polar surface area (TPSA) is 90.0 Å². The fourth-order valence-corrected chi connectivity index (χ4v) is 2.66. The van der Waals surface area contributed by atoms with Crippen LogP contribution >= 0.6 is 0 Å². The highest BCUT2D eigenvalue weighted by atomic mass is 16.4. The van der Waals surface area contributed by atoms with Crippen LogP contribution in [-0.4, -0.2) is 20.7 Å². The number of hydrogen-bond donors (Lipinski definition) is 1. The molecule has 4 aromatic rings. The molecule has 0 atom stereocenters. The van der Waals surface area contributed by atoms with Gasteiger partial charge < -0.3 is 9.73 Å². The van der Waals surface area contributed by atoms with Crippen molar-refractivity contribution in [2.75, 3.05) is 0 Å². The summed E-state index contributed by atoms with van der Waals surface area (Å²) in [6, 6.07) is 21.2. The second-order valence-electron chi connectivity index (χ2n) is 5.97. The van der Waals surface area contributed by atoms with Gasteiger partial charge in [-0.2, -0.15) is 9.78 Å². The molecule has 0 aliphatic heterocycles. The van der Waals surface area contributed by atoms with Crippen LogP contribution in [0.3, 0.4) is 0 Å². The molecule has 1 N–H and O–H groups in total. The van der Waals surface area contributed by atoms with E-state index in [0.29, 0.717) is 17.3 Å². The van der Waals surface area contributed by atoms with Crippen molar-refractivity contribution in [3.05, 3.63) is 101 Å². The van der Waals surface area contributed by atoms with Gasteiger partial charge in [-0.15, -0.1) is 0 Å². The maximum absolute atomic E-state index is 12.4. The van der Waals surface area contributed by atoms with Crippen LogP contribution in [0.5, 0.6) is 0 Å². The summed E-state index contributed by atoms with van der Waals surface area (Å²) in [5.74, 6) is 0.577. The number of carbonyl (C=O) groups excluding carboxylic acids is 1. The molecule has 0 unspecified atom stereocenters. The highest BCUT2D eigenvalue weighted by Gasteiger charge is 2.12. The summed E-state index contributed by atoms with van der Waals surface area (Å²) < 4.78 is 6.85. The molecule has 4 rings (SSSR count). The number of carbonyl (C=O) groups is 1. The van der Waals surface area contributed by atoms with Gasteiger partial charge in [-0.3, -0.25) is 9.59 Å². The zero-order valence-corrected chi connectivity index (χ0v) is 14.8. The van der Waals surface area contributed by atoms with E-state index in [1.165, 1.54) is 16.8 Å². The Bertz CT molecular complexity index is 1150. The number of para-hydroxylation sites is 1. The van der Waals surface area contributed by atoms with E-state index in [1.807, 2.05) is 36.4 Å². The summed E-state index contributed by atoms with van der Waals surface area (Å²) in [4.78, 5) is 28.7. The van der Waals surface area contributed by atoms with Crippen molar-refractivity contribution in [1.82, 2.24) is 20.1 Å². The number of rotatable bonds is 5. The first-order valence-electron chi connectivity index (χ1n) is 8.65. The van der Waals surface area contributed by atoms with Gasteiger partial charge in [0, 0.05) is 11.6 Å². The molecule has 2 aromatic heterocycles. The van der Waals surface area contributed by atoms with Gasteiger partial charge in [0.1, 0.15) is 5.69 Å². The molecular formula is C21H16N4O3. The van der Waals surface area contributed by atoms with Crippen LogP contribution in [0.25, 0.3) is 17.0 Å². The number of nitrogens with one attached hydrogen (secondary N) is 1. The van der Waals surface area contributed by atoms with Crippen molar-refractivity contribution >= 4 is 5.91 Å². The van der Waals surface area contributed by atoms with E-state index in [4.69, 9.17) is 4.42 Å². The molecule has 0 fully saturated rings. The molecule has 2 aromatic carbocycles. The SMILES string of the molecule is O=C(NCc1ncc(-c2ccccc2)o1)c1ccc(=O)n(-c2ccccc2)n1. The van der Waals surface area contributed by atoms with Crippen LogP contribution in [0, 0.1) is 0 Å². The lowest BCUT2D eigenvalue weighted by Crippen LogP contribution is -2.28. The highest BCUT2D eigenvalue weighted by molar-refractivity contribution is 5.91. The third kappa shape index (κ3) is 3.73. The average molecular weight is 372 g/mol. The molecule has 0 aliphatic carbocycles. The Morgan fingerprint density at radius 1 is 0.964 bits per heavy atom. The Morgan fingerprint density at radius 2 is 1.68 bits per heavy atom. The van der Waals surface area contributed by atoms with E-state index in [9.17, 15) is 9.59 Å². The number of benzene rings is 2. The van der Waals surface area contributed by atoms with Crippen LogP contribution in [0.2, 0.25) is 0 Å². The summed E-state index contributed by atoms with van der Waals surface area (Å²) in [6.45, 7) is 0.109. The number of aromatic nitrogens is 3. The molecule has 7 heteroatoms. The van der Waals surface area contributed by atoms with Crippen molar-refractivity contribution in [3.8, 4) is 17.0 Å². The minimum Gasteiger partial charge on any atom is -0.439 e. The first-order chi connectivity index (χ1) is 13.7. The van der Waals surface area contributed by atoms with Gasteiger partial charge in [0.25, 0.3) is 11.5 Å². The zero-order chi connectivity index (χ0) is 19.3. The Labute approximate surface area is 160 Å². The predicted octanol–water partition coefficient (Wildman–Crippen LogP) is 2.82. The number of hydrogen-bond acceptors (Lipinski definition) is 5. The van der Waals surface area contributed by atoms with Crippen LogP contribution < -0.4 is 10.9 Å². The standard InChI is InChI=1S/C21H16N4O3/c26-20-12-11-17(24-25(20)16-9-5-2-6-10-16)21(27)23-14-19-22-13-18(28-19)15-7-3-1-4-8-15/h1-13H,14H2,(H,23,27). The van der Waals surface area contributed by atoms with Gasteiger partial charge in [-0.25, -0.2) is 4.98 Å². The van der Waals surface area contributed by atoms with Gasteiger partial charge in [-0.05, 0) is 18.2 Å². The van der Waals surface area contributed by atoms with Crippen molar-refractivity contribution < 1.29 is 9.21 Å².